The molecule has 36 heavy (non-hydrogen) atoms. The molecule has 3 aromatic rings. The number of rotatable bonds is 7. The Morgan fingerprint density at radius 1 is 0.722 bits per heavy atom. The van der Waals surface area contributed by atoms with Crippen LogP contribution in [0.15, 0.2) is 36.4 Å². The van der Waals surface area contributed by atoms with Gasteiger partial charge in [-0.2, -0.15) is 0 Å². The summed E-state index contributed by atoms with van der Waals surface area (Å²) >= 11 is 0. The van der Waals surface area contributed by atoms with Crippen LogP contribution in [0.25, 0.3) is 10.9 Å². The molecule has 1 aliphatic heterocycles. The summed E-state index contributed by atoms with van der Waals surface area (Å²) < 4.78 is 22.4. The van der Waals surface area contributed by atoms with Crippen molar-refractivity contribution >= 4 is 22.4 Å². The van der Waals surface area contributed by atoms with Crippen LogP contribution in [0, 0.1) is 0 Å². The molecule has 0 unspecified atom stereocenters. The molecule has 1 aromatic heterocycles. The van der Waals surface area contributed by atoms with Crippen LogP contribution in [0.1, 0.15) is 37.4 Å². The second kappa shape index (κ2) is 10.8. The molecule has 0 atom stereocenters. The highest BCUT2D eigenvalue weighted by Crippen LogP contribution is 2.39. The number of hydrogen-bond donors (Lipinski definition) is 0. The lowest BCUT2D eigenvalue weighted by atomic mass is 9.86. The lowest BCUT2D eigenvalue weighted by Gasteiger charge is -2.38. The van der Waals surface area contributed by atoms with E-state index in [2.05, 4.69) is 21.9 Å². The van der Waals surface area contributed by atoms with Gasteiger partial charge >= 0.3 is 0 Å². The molecular weight excluding hydrogens is 456 g/mol. The number of piperazine rings is 1. The predicted octanol–water partition coefficient (Wildman–Crippen LogP) is 4.65. The standard InChI is InChI=1S/C28H36N4O4/c1-33-20-11-9-19(10-12-20)27-29-22-18-26(36-4)25(35-3)17-21(22)28(30-27)32-15-13-31(14-16-32)23-7-5-6-8-24(23)34-2/h5-8,17-20H,9-16H2,1-4H3/t19-,20-. The average molecular weight is 493 g/mol. The largest absolute Gasteiger partial charge is 0.495 e. The predicted molar refractivity (Wildman–Crippen MR) is 142 cm³/mol. The summed E-state index contributed by atoms with van der Waals surface area (Å²) in [5, 5.41) is 0.993. The van der Waals surface area contributed by atoms with Gasteiger partial charge in [-0.15, -0.1) is 0 Å². The Bertz CT molecular complexity index is 1190. The highest BCUT2D eigenvalue weighted by molar-refractivity contribution is 5.92. The average Bonchev–Trinajstić information content (AvgIpc) is 2.95. The summed E-state index contributed by atoms with van der Waals surface area (Å²) in [6, 6.07) is 12.2. The molecule has 0 amide bonds. The van der Waals surface area contributed by atoms with E-state index in [9.17, 15) is 0 Å². The molecule has 0 N–H and O–H groups in total. The Balaban J connectivity index is 1.48. The van der Waals surface area contributed by atoms with Crippen LogP contribution in [0.5, 0.6) is 17.2 Å². The van der Waals surface area contributed by atoms with Crippen LogP contribution in [-0.4, -0.2) is 70.7 Å². The van der Waals surface area contributed by atoms with E-state index in [0.29, 0.717) is 23.5 Å². The number of aromatic nitrogens is 2. The van der Waals surface area contributed by atoms with Gasteiger partial charge in [-0.3, -0.25) is 0 Å². The minimum absolute atomic E-state index is 0.336. The molecule has 5 rings (SSSR count). The van der Waals surface area contributed by atoms with Crippen molar-refractivity contribution in [3.05, 3.63) is 42.2 Å². The van der Waals surface area contributed by atoms with Gasteiger partial charge in [-0.1, -0.05) is 12.1 Å². The van der Waals surface area contributed by atoms with Gasteiger partial charge in [0.1, 0.15) is 17.4 Å². The first-order valence-corrected chi connectivity index (χ1v) is 12.7. The van der Waals surface area contributed by atoms with E-state index < -0.39 is 0 Å². The van der Waals surface area contributed by atoms with Crippen LogP contribution < -0.4 is 24.0 Å². The highest BCUT2D eigenvalue weighted by Gasteiger charge is 2.28. The first-order valence-electron chi connectivity index (χ1n) is 12.7. The van der Waals surface area contributed by atoms with Gasteiger partial charge in [0.2, 0.25) is 0 Å². The van der Waals surface area contributed by atoms with Crippen LogP contribution in [0.4, 0.5) is 11.5 Å². The van der Waals surface area contributed by atoms with Gasteiger partial charge in [0.15, 0.2) is 11.5 Å². The Morgan fingerprint density at radius 2 is 1.36 bits per heavy atom. The Hall–Kier alpha value is -3.26. The molecule has 1 aliphatic carbocycles. The van der Waals surface area contributed by atoms with E-state index in [4.69, 9.17) is 28.9 Å². The maximum atomic E-state index is 5.62. The van der Waals surface area contributed by atoms with E-state index in [1.165, 1.54) is 0 Å². The molecule has 8 heteroatoms. The third kappa shape index (κ3) is 4.74. The lowest BCUT2D eigenvalue weighted by molar-refractivity contribution is 0.0651. The monoisotopic (exact) mass is 492 g/mol. The van der Waals surface area contributed by atoms with E-state index in [1.807, 2.05) is 24.3 Å². The van der Waals surface area contributed by atoms with Crippen molar-refractivity contribution in [2.45, 2.75) is 37.7 Å². The molecule has 1 saturated heterocycles. The van der Waals surface area contributed by atoms with Crippen LogP contribution in [-0.2, 0) is 4.74 Å². The smallest absolute Gasteiger partial charge is 0.162 e. The quantitative estimate of drug-likeness (QED) is 0.472. The summed E-state index contributed by atoms with van der Waals surface area (Å²) in [5.41, 5.74) is 2.03. The number of nitrogens with zero attached hydrogens (tertiary/aromatic N) is 4. The van der Waals surface area contributed by atoms with Crippen LogP contribution >= 0.6 is 0 Å². The molecule has 2 aliphatic rings. The van der Waals surface area contributed by atoms with Gasteiger partial charge in [0.25, 0.3) is 0 Å². The molecule has 0 bridgehead atoms. The van der Waals surface area contributed by atoms with Gasteiger partial charge in [-0.25, -0.2) is 9.97 Å². The molecular formula is C28H36N4O4. The maximum Gasteiger partial charge on any atom is 0.162 e. The zero-order valence-corrected chi connectivity index (χ0v) is 21.7. The first kappa shape index (κ1) is 24.4. The van der Waals surface area contributed by atoms with Crippen molar-refractivity contribution in [2.75, 3.05) is 64.4 Å². The summed E-state index contributed by atoms with van der Waals surface area (Å²) in [6.07, 6.45) is 4.51. The zero-order chi connectivity index (χ0) is 25.1. The third-order valence-corrected chi connectivity index (χ3v) is 7.58. The minimum Gasteiger partial charge on any atom is -0.495 e. The summed E-state index contributed by atoms with van der Waals surface area (Å²) in [6.45, 7) is 3.48. The minimum atomic E-state index is 0.336. The van der Waals surface area contributed by atoms with Crippen molar-refractivity contribution in [3.63, 3.8) is 0 Å². The van der Waals surface area contributed by atoms with Crippen molar-refractivity contribution in [1.29, 1.82) is 0 Å². The van der Waals surface area contributed by atoms with Crippen LogP contribution in [0.2, 0.25) is 0 Å². The van der Waals surface area contributed by atoms with E-state index in [1.54, 1.807) is 28.4 Å². The molecule has 2 fully saturated rings. The fraction of sp³-hybridized carbons (Fsp3) is 0.500. The molecule has 8 nitrogen and oxygen atoms in total. The molecule has 2 heterocycles. The number of anilines is 2. The number of benzene rings is 2. The molecule has 1 saturated carbocycles. The molecule has 0 radical (unpaired) electrons. The first-order chi connectivity index (χ1) is 17.6. The summed E-state index contributed by atoms with van der Waals surface area (Å²) in [4.78, 5) is 15.0. The second-order valence-corrected chi connectivity index (χ2v) is 9.49. The molecule has 192 valence electrons. The van der Waals surface area contributed by atoms with Gasteiger partial charge in [-0.05, 0) is 43.9 Å². The number of methoxy groups -OCH3 is 4. The summed E-state index contributed by atoms with van der Waals surface area (Å²) in [7, 11) is 6.86. The maximum absolute atomic E-state index is 5.62. The van der Waals surface area contributed by atoms with E-state index >= 15 is 0 Å². The van der Waals surface area contributed by atoms with Gasteiger partial charge in [0.05, 0.1) is 38.6 Å². The topological polar surface area (TPSA) is 69.2 Å². The SMILES string of the molecule is COc1cc2nc([C@H]3CC[C@H](OC)CC3)nc(N3CCN(c4ccccc4OC)CC3)c2cc1OC. The normalized spacial score (nSPS) is 20.4. The lowest BCUT2D eigenvalue weighted by Crippen LogP contribution is -2.47. The van der Waals surface area contributed by atoms with Crippen molar-refractivity contribution < 1.29 is 18.9 Å². The van der Waals surface area contributed by atoms with Crippen molar-refractivity contribution in [3.8, 4) is 17.2 Å². The zero-order valence-electron chi connectivity index (χ0n) is 21.7. The Kier molecular flexibility index (Phi) is 7.32. The number of ether oxygens (including phenoxy) is 4. The number of fused-ring (bicyclic) bond motifs is 1. The summed E-state index contributed by atoms with van der Waals surface area (Å²) in [5.74, 6) is 4.52. The second-order valence-electron chi connectivity index (χ2n) is 9.49. The van der Waals surface area contributed by atoms with E-state index in [-0.39, 0.29) is 0 Å². The fourth-order valence-electron chi connectivity index (χ4n) is 5.49. The molecule has 0 spiro atoms. The number of para-hydroxylation sites is 2. The highest BCUT2D eigenvalue weighted by atomic mass is 16.5. The van der Waals surface area contributed by atoms with Crippen molar-refractivity contribution in [2.24, 2.45) is 0 Å². The van der Waals surface area contributed by atoms with Gasteiger partial charge < -0.3 is 28.7 Å². The van der Waals surface area contributed by atoms with E-state index in [0.717, 1.165) is 85.8 Å². The van der Waals surface area contributed by atoms with Crippen molar-refractivity contribution in [1.82, 2.24) is 9.97 Å². The Labute approximate surface area is 213 Å². The molecule has 2 aromatic carbocycles. The number of hydrogen-bond acceptors (Lipinski definition) is 8. The third-order valence-electron chi connectivity index (χ3n) is 7.58. The Morgan fingerprint density at radius 3 is 2.03 bits per heavy atom. The van der Waals surface area contributed by atoms with Crippen LogP contribution in [0.3, 0.4) is 0 Å². The fourth-order valence-corrected chi connectivity index (χ4v) is 5.49. The van der Waals surface area contributed by atoms with Gasteiger partial charge in [0, 0.05) is 50.7 Å².